The van der Waals surface area contributed by atoms with Gasteiger partial charge >= 0.3 is 11.9 Å². The third-order valence-electron chi connectivity index (χ3n) is 2.09. The fourth-order valence-corrected chi connectivity index (χ4v) is 0.987. The van der Waals surface area contributed by atoms with Crippen molar-refractivity contribution in [3.8, 4) is 0 Å². The SMILES string of the molecule is CCCCC(=O)OCC.CCCCOC(=O)CC. The number of esters is 2. The summed E-state index contributed by atoms with van der Waals surface area (Å²) in [5, 5.41) is 0. The second-order valence-corrected chi connectivity index (χ2v) is 3.84. The zero-order valence-corrected chi connectivity index (χ0v) is 12.3. The molecule has 18 heavy (non-hydrogen) atoms. The first-order chi connectivity index (χ1) is 8.62. The van der Waals surface area contributed by atoms with Crippen molar-refractivity contribution >= 4 is 11.9 Å². The highest BCUT2D eigenvalue weighted by molar-refractivity contribution is 5.69. The minimum atomic E-state index is -0.0940. The van der Waals surface area contributed by atoms with E-state index in [-0.39, 0.29) is 11.9 Å². The molecule has 0 rings (SSSR count). The van der Waals surface area contributed by atoms with Crippen LogP contribution in [0, 0.1) is 0 Å². The Hall–Kier alpha value is -1.06. The monoisotopic (exact) mass is 260 g/mol. The quantitative estimate of drug-likeness (QED) is 0.495. The molecule has 0 saturated carbocycles. The Morgan fingerprint density at radius 1 is 0.833 bits per heavy atom. The van der Waals surface area contributed by atoms with Crippen molar-refractivity contribution in [3.05, 3.63) is 0 Å². The van der Waals surface area contributed by atoms with Gasteiger partial charge in [0.05, 0.1) is 13.2 Å². The van der Waals surface area contributed by atoms with Crippen LogP contribution in [0.15, 0.2) is 0 Å². The minimum absolute atomic E-state index is 0.0700. The summed E-state index contributed by atoms with van der Waals surface area (Å²) in [6.07, 6.45) is 5.12. The van der Waals surface area contributed by atoms with Crippen LogP contribution in [0.25, 0.3) is 0 Å². The van der Waals surface area contributed by atoms with Crippen molar-refractivity contribution in [1.82, 2.24) is 0 Å². The van der Waals surface area contributed by atoms with Crippen molar-refractivity contribution in [1.29, 1.82) is 0 Å². The summed E-state index contributed by atoms with van der Waals surface area (Å²) in [7, 11) is 0. The molecule has 0 aliphatic heterocycles. The number of carbonyl (C=O) groups is 2. The number of rotatable bonds is 8. The molecule has 0 aromatic carbocycles. The van der Waals surface area contributed by atoms with E-state index in [1.807, 2.05) is 6.92 Å². The molecule has 0 radical (unpaired) electrons. The Labute approximate surface area is 111 Å². The zero-order chi connectivity index (χ0) is 14.2. The Morgan fingerprint density at radius 2 is 1.44 bits per heavy atom. The van der Waals surface area contributed by atoms with E-state index in [4.69, 9.17) is 9.47 Å². The molecule has 4 nitrogen and oxygen atoms in total. The van der Waals surface area contributed by atoms with Crippen LogP contribution in [-0.2, 0) is 19.1 Å². The van der Waals surface area contributed by atoms with Gasteiger partial charge in [-0.05, 0) is 19.8 Å². The van der Waals surface area contributed by atoms with Crippen molar-refractivity contribution in [2.45, 2.75) is 66.2 Å². The topological polar surface area (TPSA) is 52.6 Å². The van der Waals surface area contributed by atoms with E-state index in [9.17, 15) is 9.59 Å². The van der Waals surface area contributed by atoms with Crippen LogP contribution >= 0.6 is 0 Å². The molecule has 0 spiro atoms. The Kier molecular flexibility index (Phi) is 17.1. The van der Waals surface area contributed by atoms with Gasteiger partial charge in [-0.3, -0.25) is 9.59 Å². The summed E-state index contributed by atoms with van der Waals surface area (Å²) in [6.45, 7) is 8.84. The highest BCUT2D eigenvalue weighted by atomic mass is 16.5. The summed E-state index contributed by atoms with van der Waals surface area (Å²) in [4.78, 5) is 21.0. The summed E-state index contributed by atoms with van der Waals surface area (Å²) in [5.74, 6) is -0.164. The molecular weight excluding hydrogens is 232 g/mol. The van der Waals surface area contributed by atoms with Gasteiger partial charge < -0.3 is 9.47 Å². The van der Waals surface area contributed by atoms with E-state index in [2.05, 4.69) is 13.8 Å². The second kappa shape index (κ2) is 15.9. The Balaban J connectivity index is 0. The molecule has 0 unspecified atom stereocenters. The number of ether oxygens (including phenoxy) is 2. The van der Waals surface area contributed by atoms with Crippen molar-refractivity contribution in [3.63, 3.8) is 0 Å². The maximum absolute atomic E-state index is 10.6. The average molecular weight is 260 g/mol. The predicted molar refractivity (Wildman–Crippen MR) is 72.3 cm³/mol. The molecule has 0 aliphatic rings. The third-order valence-corrected chi connectivity index (χ3v) is 2.09. The van der Waals surface area contributed by atoms with E-state index in [1.54, 1.807) is 6.92 Å². The molecule has 0 aromatic rings. The minimum Gasteiger partial charge on any atom is -0.466 e. The maximum atomic E-state index is 10.6. The average Bonchev–Trinajstić information content (AvgIpc) is 2.37. The fourth-order valence-electron chi connectivity index (χ4n) is 0.987. The summed E-state index contributed by atoms with van der Waals surface area (Å²) >= 11 is 0. The van der Waals surface area contributed by atoms with Gasteiger partial charge in [-0.15, -0.1) is 0 Å². The predicted octanol–water partition coefficient (Wildman–Crippen LogP) is 3.48. The molecule has 0 bridgehead atoms. The first kappa shape index (κ1) is 19.3. The first-order valence-electron chi connectivity index (χ1n) is 6.93. The molecule has 0 amide bonds. The van der Waals surface area contributed by atoms with E-state index in [1.165, 1.54) is 0 Å². The highest BCUT2D eigenvalue weighted by Gasteiger charge is 1.97. The van der Waals surface area contributed by atoms with Crippen LogP contribution in [0.2, 0.25) is 0 Å². The molecule has 0 N–H and O–H groups in total. The largest absolute Gasteiger partial charge is 0.466 e. The highest BCUT2D eigenvalue weighted by Crippen LogP contribution is 1.95. The van der Waals surface area contributed by atoms with Crippen LogP contribution < -0.4 is 0 Å². The fraction of sp³-hybridized carbons (Fsp3) is 0.857. The van der Waals surface area contributed by atoms with Gasteiger partial charge in [0.25, 0.3) is 0 Å². The molecular formula is C14H28O4. The van der Waals surface area contributed by atoms with E-state index >= 15 is 0 Å². The standard InChI is InChI=1S/2C7H14O2/c1-3-5-6-7(8)9-4-2;1-3-5-6-9-7(8)4-2/h2*3-6H2,1-2H3. The molecule has 0 aliphatic carbocycles. The van der Waals surface area contributed by atoms with Gasteiger partial charge in [-0.25, -0.2) is 0 Å². The lowest BCUT2D eigenvalue weighted by Gasteiger charge is -1.99. The lowest BCUT2D eigenvalue weighted by atomic mass is 10.3. The van der Waals surface area contributed by atoms with Gasteiger partial charge in [-0.2, -0.15) is 0 Å². The molecule has 0 heterocycles. The van der Waals surface area contributed by atoms with E-state index in [0.29, 0.717) is 26.1 Å². The third kappa shape index (κ3) is 17.3. The lowest BCUT2D eigenvalue weighted by Crippen LogP contribution is -2.02. The molecule has 4 heteroatoms. The van der Waals surface area contributed by atoms with Gasteiger partial charge in [0.2, 0.25) is 0 Å². The van der Waals surface area contributed by atoms with Crippen LogP contribution in [0.5, 0.6) is 0 Å². The Bertz CT molecular complexity index is 202. The van der Waals surface area contributed by atoms with E-state index < -0.39 is 0 Å². The van der Waals surface area contributed by atoms with Crippen LogP contribution in [0.1, 0.15) is 66.2 Å². The number of hydrogen-bond acceptors (Lipinski definition) is 4. The Morgan fingerprint density at radius 3 is 1.89 bits per heavy atom. The second-order valence-electron chi connectivity index (χ2n) is 3.84. The molecule has 0 aromatic heterocycles. The van der Waals surface area contributed by atoms with Crippen LogP contribution in [0.4, 0.5) is 0 Å². The summed E-state index contributed by atoms with van der Waals surface area (Å²) < 4.78 is 9.50. The van der Waals surface area contributed by atoms with Crippen molar-refractivity contribution in [2.75, 3.05) is 13.2 Å². The smallest absolute Gasteiger partial charge is 0.305 e. The van der Waals surface area contributed by atoms with Crippen molar-refractivity contribution in [2.24, 2.45) is 0 Å². The first-order valence-corrected chi connectivity index (χ1v) is 6.93. The maximum Gasteiger partial charge on any atom is 0.305 e. The number of unbranched alkanes of at least 4 members (excludes halogenated alkanes) is 2. The van der Waals surface area contributed by atoms with Crippen LogP contribution in [0.3, 0.4) is 0 Å². The van der Waals surface area contributed by atoms with E-state index in [0.717, 1.165) is 25.7 Å². The van der Waals surface area contributed by atoms with Crippen LogP contribution in [-0.4, -0.2) is 25.2 Å². The number of carbonyl (C=O) groups excluding carboxylic acids is 2. The number of hydrogen-bond donors (Lipinski definition) is 0. The van der Waals surface area contributed by atoms with Crippen molar-refractivity contribution < 1.29 is 19.1 Å². The summed E-state index contributed by atoms with van der Waals surface area (Å²) in [5.41, 5.74) is 0. The van der Waals surface area contributed by atoms with Gasteiger partial charge in [0, 0.05) is 12.8 Å². The summed E-state index contributed by atoms with van der Waals surface area (Å²) in [6, 6.07) is 0. The normalized spacial score (nSPS) is 9.11. The lowest BCUT2D eigenvalue weighted by molar-refractivity contribution is -0.144. The molecule has 108 valence electrons. The van der Waals surface area contributed by atoms with Gasteiger partial charge in [0.15, 0.2) is 0 Å². The molecule has 0 saturated heterocycles. The zero-order valence-electron chi connectivity index (χ0n) is 12.3. The molecule has 0 fully saturated rings. The van der Waals surface area contributed by atoms with Gasteiger partial charge in [-0.1, -0.05) is 33.6 Å². The van der Waals surface area contributed by atoms with Gasteiger partial charge in [0.1, 0.15) is 0 Å². The molecule has 0 atom stereocenters.